The Morgan fingerprint density at radius 2 is 1.80 bits per heavy atom. The van der Waals surface area contributed by atoms with Crippen molar-refractivity contribution in [1.29, 1.82) is 0 Å². The summed E-state index contributed by atoms with van der Waals surface area (Å²) in [5.41, 5.74) is -0.0882. The van der Waals surface area contributed by atoms with Crippen molar-refractivity contribution in [2.24, 2.45) is 46.3 Å². The smallest absolute Gasteiger partial charge is 0.305 e. The Bertz CT molecular complexity index is 651. The lowest BCUT2D eigenvalue weighted by Crippen LogP contribution is -2.62. The van der Waals surface area contributed by atoms with E-state index in [1.165, 1.54) is 7.11 Å². The number of esters is 1. The monoisotopic (exact) mass is 422 g/mol. The maximum absolute atomic E-state index is 11.7. The van der Waals surface area contributed by atoms with Crippen molar-refractivity contribution >= 4 is 5.97 Å². The molecule has 0 unspecified atom stereocenters. The molecule has 30 heavy (non-hydrogen) atoms. The lowest BCUT2D eigenvalue weighted by atomic mass is 9.43. The van der Waals surface area contributed by atoms with Crippen molar-refractivity contribution in [2.45, 2.75) is 96.9 Å². The molecule has 0 spiro atoms. The second-order valence-electron chi connectivity index (χ2n) is 11.6. The summed E-state index contributed by atoms with van der Waals surface area (Å²) in [6.45, 7) is 6.85. The van der Waals surface area contributed by atoms with Crippen molar-refractivity contribution in [2.75, 3.05) is 7.11 Å². The van der Waals surface area contributed by atoms with Gasteiger partial charge in [0.1, 0.15) is 0 Å². The van der Waals surface area contributed by atoms with Crippen molar-refractivity contribution in [1.82, 2.24) is 0 Å². The second kappa shape index (κ2) is 8.04. The van der Waals surface area contributed by atoms with Crippen LogP contribution in [0.5, 0.6) is 0 Å². The van der Waals surface area contributed by atoms with Crippen LogP contribution in [0.2, 0.25) is 0 Å². The molecule has 0 aromatic carbocycles. The van der Waals surface area contributed by atoms with Crippen LogP contribution in [-0.4, -0.2) is 46.7 Å². The zero-order valence-electron chi connectivity index (χ0n) is 19.2. The van der Waals surface area contributed by atoms with Gasteiger partial charge in [-0.3, -0.25) is 4.79 Å². The molecule has 5 nitrogen and oxygen atoms in total. The predicted octanol–water partition coefficient (Wildman–Crippen LogP) is 3.54. The fourth-order valence-electron chi connectivity index (χ4n) is 8.78. The van der Waals surface area contributed by atoms with Gasteiger partial charge in [-0.1, -0.05) is 20.8 Å². The maximum atomic E-state index is 11.7. The van der Waals surface area contributed by atoms with E-state index in [0.717, 1.165) is 51.4 Å². The summed E-state index contributed by atoms with van der Waals surface area (Å²) in [5.74, 6) is 1.81. The number of rotatable bonds is 4. The maximum Gasteiger partial charge on any atom is 0.305 e. The van der Waals surface area contributed by atoms with Crippen LogP contribution in [0.1, 0.15) is 78.6 Å². The molecule has 172 valence electrons. The first-order valence-electron chi connectivity index (χ1n) is 12.2. The molecule has 0 aromatic heterocycles. The molecule has 0 saturated heterocycles. The van der Waals surface area contributed by atoms with Crippen LogP contribution in [0.4, 0.5) is 0 Å². The molecule has 0 radical (unpaired) electrons. The third kappa shape index (κ3) is 3.34. The number of fused-ring (bicyclic) bond motifs is 5. The summed E-state index contributed by atoms with van der Waals surface area (Å²) in [6.07, 6.45) is 6.60. The van der Waals surface area contributed by atoms with Gasteiger partial charge in [-0.15, -0.1) is 0 Å². The molecule has 11 atom stereocenters. The minimum absolute atomic E-state index is 0.111. The minimum atomic E-state index is -0.369. The molecule has 3 N–H and O–H groups in total. The summed E-state index contributed by atoms with van der Waals surface area (Å²) in [4.78, 5) is 11.7. The Labute approximate surface area is 181 Å². The van der Waals surface area contributed by atoms with Gasteiger partial charge in [0.15, 0.2) is 0 Å². The number of carbonyl (C=O) groups is 1. The van der Waals surface area contributed by atoms with E-state index in [1.54, 1.807) is 0 Å². The molecule has 0 amide bonds. The molecule has 0 bridgehead atoms. The van der Waals surface area contributed by atoms with E-state index in [1.807, 2.05) is 0 Å². The highest BCUT2D eigenvalue weighted by Gasteiger charge is 2.65. The zero-order valence-corrected chi connectivity index (χ0v) is 19.2. The number of hydrogen-bond donors (Lipinski definition) is 3. The normalized spacial score (nSPS) is 51.4. The Hall–Kier alpha value is -0.650. The molecular weight excluding hydrogens is 380 g/mol. The average molecular weight is 423 g/mol. The quantitative estimate of drug-likeness (QED) is 0.603. The summed E-state index contributed by atoms with van der Waals surface area (Å²) in [7, 11) is 1.44. The topological polar surface area (TPSA) is 87.0 Å². The van der Waals surface area contributed by atoms with Gasteiger partial charge in [0.25, 0.3) is 0 Å². The fourth-order valence-corrected chi connectivity index (χ4v) is 8.78. The predicted molar refractivity (Wildman–Crippen MR) is 114 cm³/mol. The standard InChI is InChI=1S/C25H42O5/c1-14(5-8-22(29)30-4)17-6-7-18-23-19(13-21(28)25(17,18)3)24(2)10-9-16(26)11-15(24)12-20(23)27/h14-21,23,26-28H,5-13H2,1-4H3/t14-,15+,16-,17+,18-,19-,20+,21-,23-,24-,25+/m0/s1. The Morgan fingerprint density at radius 1 is 1.07 bits per heavy atom. The van der Waals surface area contributed by atoms with Gasteiger partial charge in [-0.25, -0.2) is 0 Å². The summed E-state index contributed by atoms with van der Waals surface area (Å²) < 4.78 is 4.83. The molecule has 4 aliphatic rings. The van der Waals surface area contributed by atoms with Crippen LogP contribution in [-0.2, 0) is 9.53 Å². The fraction of sp³-hybridized carbons (Fsp3) is 0.960. The molecule has 0 aromatic rings. The Kier molecular flexibility index (Phi) is 6.04. The molecule has 4 fully saturated rings. The number of carbonyl (C=O) groups excluding carboxylic acids is 1. The lowest BCUT2D eigenvalue weighted by Gasteiger charge is -2.63. The van der Waals surface area contributed by atoms with Gasteiger partial charge in [0, 0.05) is 6.42 Å². The number of ether oxygens (including phenoxy) is 1. The summed E-state index contributed by atoms with van der Waals surface area (Å²) >= 11 is 0. The van der Waals surface area contributed by atoms with Gasteiger partial charge >= 0.3 is 5.97 Å². The van der Waals surface area contributed by atoms with Gasteiger partial charge in [0.05, 0.1) is 25.4 Å². The largest absolute Gasteiger partial charge is 0.469 e. The second-order valence-corrected chi connectivity index (χ2v) is 11.6. The lowest BCUT2D eigenvalue weighted by molar-refractivity contribution is -0.207. The summed E-state index contributed by atoms with van der Waals surface area (Å²) in [5, 5.41) is 33.1. The zero-order chi connectivity index (χ0) is 21.8. The molecule has 0 aliphatic heterocycles. The third-order valence-electron chi connectivity index (χ3n) is 10.6. The van der Waals surface area contributed by atoms with Gasteiger partial charge in [0.2, 0.25) is 0 Å². The van der Waals surface area contributed by atoms with Crippen LogP contribution < -0.4 is 0 Å². The van der Waals surface area contributed by atoms with E-state index in [2.05, 4.69) is 20.8 Å². The van der Waals surface area contributed by atoms with Crippen molar-refractivity contribution in [3.63, 3.8) is 0 Å². The Morgan fingerprint density at radius 3 is 2.50 bits per heavy atom. The highest BCUT2D eigenvalue weighted by molar-refractivity contribution is 5.69. The van der Waals surface area contributed by atoms with Crippen LogP contribution in [0.25, 0.3) is 0 Å². The van der Waals surface area contributed by atoms with Crippen molar-refractivity contribution in [3.05, 3.63) is 0 Å². The first-order valence-corrected chi connectivity index (χ1v) is 12.2. The molecule has 0 heterocycles. The van der Waals surface area contributed by atoms with Crippen molar-refractivity contribution in [3.8, 4) is 0 Å². The van der Waals surface area contributed by atoms with Crippen LogP contribution >= 0.6 is 0 Å². The van der Waals surface area contributed by atoms with Gasteiger partial charge < -0.3 is 20.1 Å². The molecule has 4 rings (SSSR count). The van der Waals surface area contributed by atoms with Gasteiger partial charge in [-0.2, -0.15) is 0 Å². The first-order chi connectivity index (χ1) is 14.1. The molecule has 4 aliphatic carbocycles. The highest BCUT2D eigenvalue weighted by atomic mass is 16.5. The van der Waals surface area contributed by atoms with Crippen molar-refractivity contribution < 1.29 is 24.9 Å². The first kappa shape index (κ1) is 22.5. The highest BCUT2D eigenvalue weighted by Crippen LogP contribution is 2.68. The van der Waals surface area contributed by atoms with E-state index in [9.17, 15) is 20.1 Å². The number of aliphatic hydroxyl groups excluding tert-OH is 3. The third-order valence-corrected chi connectivity index (χ3v) is 10.6. The Balaban J connectivity index is 1.58. The van der Waals surface area contributed by atoms with E-state index in [0.29, 0.717) is 36.0 Å². The molecule has 5 heteroatoms. The molecular formula is C25H42O5. The SMILES string of the molecule is COC(=O)CC[C@H](C)[C@H]1CC[C@H]2[C@@H]3[C@H](O)C[C@H]4C[C@@H](O)CC[C@]4(C)[C@H]3C[C@H](O)[C@]12C. The van der Waals surface area contributed by atoms with Gasteiger partial charge in [-0.05, 0) is 97.7 Å². The van der Waals surface area contributed by atoms with E-state index in [-0.39, 0.29) is 41.0 Å². The minimum Gasteiger partial charge on any atom is -0.469 e. The molecule has 4 saturated carbocycles. The van der Waals surface area contributed by atoms with E-state index in [4.69, 9.17) is 4.74 Å². The average Bonchev–Trinajstić information content (AvgIpc) is 3.06. The number of hydrogen-bond acceptors (Lipinski definition) is 5. The number of aliphatic hydroxyl groups is 3. The van der Waals surface area contributed by atoms with E-state index < -0.39 is 0 Å². The van der Waals surface area contributed by atoms with Crippen LogP contribution in [0.15, 0.2) is 0 Å². The van der Waals surface area contributed by atoms with E-state index >= 15 is 0 Å². The van der Waals surface area contributed by atoms with Crippen LogP contribution in [0, 0.1) is 46.3 Å². The number of methoxy groups -OCH3 is 1. The summed E-state index contributed by atoms with van der Waals surface area (Å²) in [6, 6.07) is 0. The van der Waals surface area contributed by atoms with Crippen LogP contribution in [0.3, 0.4) is 0 Å².